The normalized spacial score (nSPS) is 51.7. The summed E-state index contributed by atoms with van der Waals surface area (Å²) >= 11 is 0. The maximum Gasteiger partial charge on any atom is 0.144 e. The number of allylic oxidation sites excluding steroid dienone is 1. The summed E-state index contributed by atoms with van der Waals surface area (Å²) in [6, 6.07) is 2.03. The molecule has 0 aromatic carbocycles. The summed E-state index contributed by atoms with van der Waals surface area (Å²) in [5, 5.41) is 21.6. The number of ether oxygens (including phenoxy) is 2. The molecular formula is C26H34O6. The second-order valence-electron chi connectivity index (χ2n) is 11.5. The molecule has 2 saturated heterocycles. The van der Waals surface area contributed by atoms with Gasteiger partial charge in [-0.15, -0.1) is 0 Å². The Balaban J connectivity index is 1.54. The van der Waals surface area contributed by atoms with Gasteiger partial charge in [-0.05, 0) is 42.9 Å². The summed E-state index contributed by atoms with van der Waals surface area (Å²) in [4.78, 5) is 13.1. The Morgan fingerprint density at radius 2 is 2.03 bits per heavy atom. The standard InChI is InChI=1S/C26H34O6/c1-13-15(14-6-8-30-11-14)9-16-20(13)26(4)17(5-7-27)25(3)19(29)10-18(28)24(2)12-31-21(22(24)25)23(26)32-16/h6,8,11,15-17,19,21-23,27,29H,5,7,9-10,12H2,1-4H3/t15-,16-,17-,19-,21?,22?,23-,24-,25+,26-/m1/s1. The average molecular weight is 443 g/mol. The molecule has 2 aliphatic heterocycles. The number of aliphatic hydroxyl groups is 2. The van der Waals surface area contributed by atoms with Gasteiger partial charge in [0.05, 0.1) is 49.0 Å². The molecule has 6 heteroatoms. The van der Waals surface area contributed by atoms with Crippen molar-refractivity contribution in [3.8, 4) is 0 Å². The van der Waals surface area contributed by atoms with Crippen molar-refractivity contribution in [3.05, 3.63) is 35.3 Å². The largest absolute Gasteiger partial charge is 0.472 e. The van der Waals surface area contributed by atoms with Gasteiger partial charge in [-0.2, -0.15) is 0 Å². The summed E-state index contributed by atoms with van der Waals surface area (Å²) in [5.74, 6) is 0.202. The molecule has 2 saturated carbocycles. The highest BCUT2D eigenvalue weighted by atomic mass is 16.6. The smallest absolute Gasteiger partial charge is 0.144 e. The van der Waals surface area contributed by atoms with Gasteiger partial charge in [-0.1, -0.05) is 26.3 Å². The summed E-state index contributed by atoms with van der Waals surface area (Å²) in [7, 11) is 0. The van der Waals surface area contributed by atoms with Gasteiger partial charge in [0.2, 0.25) is 0 Å². The van der Waals surface area contributed by atoms with Crippen LogP contribution in [0, 0.1) is 28.1 Å². The van der Waals surface area contributed by atoms with Gasteiger partial charge >= 0.3 is 0 Å². The second kappa shape index (κ2) is 6.56. The molecule has 3 aliphatic carbocycles. The first kappa shape index (κ1) is 21.1. The van der Waals surface area contributed by atoms with Crippen LogP contribution in [0.3, 0.4) is 0 Å². The van der Waals surface area contributed by atoms with Crippen LogP contribution in [0.5, 0.6) is 0 Å². The van der Waals surface area contributed by atoms with E-state index in [1.54, 1.807) is 6.26 Å². The SMILES string of the molecule is CC1=C2[C@@H](C[C@H]1c1ccoc1)O[C@@H]1C3OC[C@]4(C)C(=O)C[C@@H](O)[C@@](C)(C34)[C@@H](CCO)[C@]21C. The zero-order valence-corrected chi connectivity index (χ0v) is 19.3. The lowest BCUT2D eigenvalue weighted by Crippen LogP contribution is -2.69. The molecule has 2 unspecified atom stereocenters. The topological polar surface area (TPSA) is 89.1 Å². The lowest BCUT2D eigenvalue weighted by molar-refractivity contribution is -0.223. The van der Waals surface area contributed by atoms with Crippen LogP contribution in [0.4, 0.5) is 0 Å². The fourth-order valence-electron chi connectivity index (χ4n) is 9.03. The minimum atomic E-state index is -0.752. The highest BCUT2D eigenvalue weighted by Crippen LogP contribution is 2.72. The second-order valence-corrected chi connectivity index (χ2v) is 11.5. The van der Waals surface area contributed by atoms with E-state index in [9.17, 15) is 15.0 Å². The molecule has 1 aromatic rings. The quantitative estimate of drug-likeness (QED) is 0.699. The first-order valence-corrected chi connectivity index (χ1v) is 12.0. The number of furan rings is 1. The van der Waals surface area contributed by atoms with Crippen molar-refractivity contribution in [1.82, 2.24) is 0 Å². The van der Waals surface area contributed by atoms with E-state index in [2.05, 4.69) is 20.8 Å². The molecule has 10 atom stereocenters. The van der Waals surface area contributed by atoms with Crippen molar-refractivity contribution >= 4 is 5.78 Å². The monoisotopic (exact) mass is 442 g/mol. The van der Waals surface area contributed by atoms with E-state index in [1.165, 1.54) is 16.7 Å². The fourth-order valence-corrected chi connectivity index (χ4v) is 9.03. The molecule has 3 heterocycles. The molecule has 6 rings (SSSR count). The van der Waals surface area contributed by atoms with Crippen LogP contribution in [-0.2, 0) is 14.3 Å². The molecule has 0 amide bonds. The molecule has 5 aliphatic rings. The maximum atomic E-state index is 13.1. The Bertz CT molecular complexity index is 982. The average Bonchev–Trinajstić information content (AvgIpc) is 3.50. The van der Waals surface area contributed by atoms with Crippen LogP contribution in [0.2, 0.25) is 0 Å². The van der Waals surface area contributed by atoms with Crippen LogP contribution < -0.4 is 0 Å². The van der Waals surface area contributed by atoms with Crippen molar-refractivity contribution in [2.45, 2.75) is 77.3 Å². The van der Waals surface area contributed by atoms with Crippen molar-refractivity contribution in [2.24, 2.45) is 28.1 Å². The lowest BCUT2D eigenvalue weighted by atomic mass is 9.40. The number of carbonyl (C=O) groups excluding carboxylic acids is 1. The zero-order chi connectivity index (χ0) is 22.6. The number of ketones is 1. The highest BCUT2D eigenvalue weighted by Gasteiger charge is 2.77. The third-order valence-electron chi connectivity index (χ3n) is 10.3. The van der Waals surface area contributed by atoms with E-state index in [0.717, 1.165) is 6.42 Å². The van der Waals surface area contributed by atoms with E-state index in [0.29, 0.717) is 13.0 Å². The number of fused-ring (bicyclic) bond motifs is 4. The van der Waals surface area contributed by atoms with Gasteiger partial charge in [-0.3, -0.25) is 4.79 Å². The van der Waals surface area contributed by atoms with E-state index in [-0.39, 0.29) is 60.3 Å². The summed E-state index contributed by atoms with van der Waals surface area (Å²) < 4.78 is 18.6. The van der Waals surface area contributed by atoms with E-state index in [1.807, 2.05) is 19.3 Å². The number of aliphatic hydroxyl groups excluding tert-OH is 2. The summed E-state index contributed by atoms with van der Waals surface area (Å²) in [6.07, 6.45) is 3.94. The molecule has 6 nitrogen and oxygen atoms in total. The zero-order valence-electron chi connectivity index (χ0n) is 19.3. The molecule has 0 radical (unpaired) electrons. The lowest BCUT2D eigenvalue weighted by Gasteiger charge is -2.63. The predicted molar refractivity (Wildman–Crippen MR) is 116 cm³/mol. The molecular weight excluding hydrogens is 408 g/mol. The Labute approximate surface area is 189 Å². The van der Waals surface area contributed by atoms with Gasteiger partial charge in [-0.25, -0.2) is 0 Å². The molecule has 1 aromatic heterocycles. The van der Waals surface area contributed by atoms with Crippen molar-refractivity contribution < 1.29 is 28.9 Å². The van der Waals surface area contributed by atoms with E-state index < -0.39 is 16.9 Å². The van der Waals surface area contributed by atoms with Gasteiger partial charge in [0.15, 0.2) is 0 Å². The van der Waals surface area contributed by atoms with Crippen LogP contribution >= 0.6 is 0 Å². The molecule has 174 valence electrons. The van der Waals surface area contributed by atoms with E-state index in [4.69, 9.17) is 13.9 Å². The molecule has 0 bridgehead atoms. The fraction of sp³-hybridized carbons (Fsp3) is 0.731. The van der Waals surface area contributed by atoms with Crippen LogP contribution in [0.1, 0.15) is 58.4 Å². The number of carbonyl (C=O) groups is 1. The minimum Gasteiger partial charge on any atom is -0.472 e. The first-order chi connectivity index (χ1) is 15.2. The van der Waals surface area contributed by atoms with Crippen molar-refractivity contribution in [1.29, 1.82) is 0 Å². The van der Waals surface area contributed by atoms with Crippen LogP contribution in [0.15, 0.2) is 34.2 Å². The summed E-state index contributed by atoms with van der Waals surface area (Å²) in [5.41, 5.74) is 2.26. The molecule has 32 heavy (non-hydrogen) atoms. The van der Waals surface area contributed by atoms with Gasteiger partial charge < -0.3 is 24.1 Å². The minimum absolute atomic E-state index is 0.0156. The number of rotatable bonds is 3. The number of hydrogen-bond donors (Lipinski definition) is 2. The molecule has 0 spiro atoms. The third kappa shape index (κ3) is 2.23. The van der Waals surface area contributed by atoms with E-state index >= 15 is 0 Å². The molecule has 4 fully saturated rings. The third-order valence-corrected chi connectivity index (χ3v) is 10.3. The highest BCUT2D eigenvalue weighted by molar-refractivity contribution is 5.87. The number of hydrogen-bond acceptors (Lipinski definition) is 6. The van der Waals surface area contributed by atoms with Gasteiger partial charge in [0.1, 0.15) is 5.78 Å². The number of Topliss-reactive ketones (excluding diaryl/α,β-unsaturated/α-hetero) is 1. The Morgan fingerprint density at radius 3 is 2.72 bits per heavy atom. The van der Waals surface area contributed by atoms with Crippen molar-refractivity contribution in [2.75, 3.05) is 13.2 Å². The first-order valence-electron chi connectivity index (χ1n) is 12.0. The Kier molecular flexibility index (Phi) is 4.32. The van der Waals surface area contributed by atoms with Crippen molar-refractivity contribution in [3.63, 3.8) is 0 Å². The van der Waals surface area contributed by atoms with Gasteiger partial charge in [0.25, 0.3) is 0 Å². The molecule has 2 N–H and O–H groups in total. The summed E-state index contributed by atoms with van der Waals surface area (Å²) in [6.45, 7) is 9.04. The Morgan fingerprint density at radius 1 is 1.25 bits per heavy atom. The predicted octanol–water partition coefficient (Wildman–Crippen LogP) is 3.23. The van der Waals surface area contributed by atoms with Gasteiger partial charge in [0, 0.05) is 35.7 Å². The van der Waals surface area contributed by atoms with Crippen LogP contribution in [0.25, 0.3) is 0 Å². The van der Waals surface area contributed by atoms with Crippen LogP contribution in [-0.4, -0.2) is 53.6 Å². The maximum absolute atomic E-state index is 13.1. The Hall–Kier alpha value is -1.47.